The molecule has 1 fully saturated rings. The van der Waals surface area contributed by atoms with Crippen LogP contribution in [-0.4, -0.2) is 41.4 Å². The molecule has 4 heterocycles. The smallest absolute Gasteiger partial charge is 0.183 e. The summed E-state index contributed by atoms with van der Waals surface area (Å²) in [5.41, 5.74) is 4.04. The van der Waals surface area contributed by atoms with Gasteiger partial charge in [0.2, 0.25) is 0 Å². The maximum atomic E-state index is 13.1. The van der Waals surface area contributed by atoms with Crippen molar-refractivity contribution >= 4 is 9.84 Å². The van der Waals surface area contributed by atoms with Gasteiger partial charge in [-0.3, -0.25) is 9.58 Å². The molecule has 2 atom stereocenters. The average molecular weight is 398 g/mol. The summed E-state index contributed by atoms with van der Waals surface area (Å²) in [6.07, 6.45) is 7.26. The standard InChI is InChI=1S/C21H23N3O3S/c1-14(2)24-10-15(8-22-24)9-23-11-19-18-7-16(17-5-6-27-13-17)3-4-20(18)28(25,26)21(19)12-23/h3-8,10,13-14,19,21H,9,11-12H2,1-2H3/t19-,21+/m1/s1. The van der Waals surface area contributed by atoms with E-state index in [2.05, 4.69) is 30.0 Å². The molecule has 1 aromatic carbocycles. The molecule has 146 valence electrons. The Bertz CT molecular complexity index is 1120. The molecule has 0 amide bonds. The maximum Gasteiger partial charge on any atom is 0.183 e. The number of nitrogens with zero attached hydrogens (tertiary/aromatic N) is 3. The highest BCUT2D eigenvalue weighted by Crippen LogP contribution is 2.46. The molecule has 2 aliphatic rings. The van der Waals surface area contributed by atoms with Crippen molar-refractivity contribution in [3.05, 3.63) is 60.3 Å². The van der Waals surface area contributed by atoms with Crippen molar-refractivity contribution in [3.8, 4) is 11.1 Å². The van der Waals surface area contributed by atoms with Crippen LogP contribution < -0.4 is 0 Å². The van der Waals surface area contributed by atoms with E-state index < -0.39 is 9.84 Å². The van der Waals surface area contributed by atoms with Crippen molar-refractivity contribution in [3.63, 3.8) is 0 Å². The van der Waals surface area contributed by atoms with Crippen LogP contribution in [0.3, 0.4) is 0 Å². The number of likely N-dealkylation sites (tertiary alicyclic amines) is 1. The Morgan fingerprint density at radius 2 is 2.07 bits per heavy atom. The normalized spacial score (nSPS) is 23.2. The van der Waals surface area contributed by atoms with Gasteiger partial charge in [-0.2, -0.15) is 5.10 Å². The minimum absolute atomic E-state index is 0.0204. The highest BCUT2D eigenvalue weighted by atomic mass is 32.2. The summed E-state index contributed by atoms with van der Waals surface area (Å²) in [6.45, 7) is 6.23. The average Bonchev–Trinajstić information content (AvgIpc) is 3.43. The first kappa shape index (κ1) is 17.7. The number of furan rings is 1. The number of benzene rings is 1. The highest BCUT2D eigenvalue weighted by Gasteiger charge is 2.50. The number of hydrogen-bond acceptors (Lipinski definition) is 5. The molecule has 0 N–H and O–H groups in total. The van der Waals surface area contributed by atoms with Crippen molar-refractivity contribution < 1.29 is 12.8 Å². The highest BCUT2D eigenvalue weighted by molar-refractivity contribution is 7.92. The Labute approximate surface area is 164 Å². The summed E-state index contributed by atoms with van der Waals surface area (Å²) in [5, 5.41) is 4.04. The molecule has 0 aliphatic carbocycles. The molecule has 2 aliphatic heterocycles. The van der Waals surface area contributed by atoms with E-state index in [0.717, 1.165) is 35.3 Å². The molecular weight excluding hydrogens is 374 g/mol. The molecule has 6 nitrogen and oxygen atoms in total. The van der Waals surface area contributed by atoms with Crippen molar-refractivity contribution in [1.82, 2.24) is 14.7 Å². The van der Waals surface area contributed by atoms with Crippen LogP contribution in [0.4, 0.5) is 0 Å². The van der Waals surface area contributed by atoms with Gasteiger partial charge in [0.25, 0.3) is 0 Å². The van der Waals surface area contributed by atoms with Gasteiger partial charge in [-0.1, -0.05) is 6.07 Å². The zero-order valence-corrected chi connectivity index (χ0v) is 16.8. The van der Waals surface area contributed by atoms with E-state index in [4.69, 9.17) is 4.42 Å². The molecule has 2 aromatic heterocycles. The molecule has 5 rings (SSSR count). The van der Waals surface area contributed by atoms with E-state index in [1.54, 1.807) is 18.6 Å². The van der Waals surface area contributed by atoms with E-state index in [-0.39, 0.29) is 11.2 Å². The molecule has 28 heavy (non-hydrogen) atoms. The van der Waals surface area contributed by atoms with Gasteiger partial charge in [-0.25, -0.2) is 8.42 Å². The molecule has 1 saturated heterocycles. The van der Waals surface area contributed by atoms with Crippen LogP contribution in [0.2, 0.25) is 0 Å². The third kappa shape index (κ3) is 2.72. The first-order valence-electron chi connectivity index (χ1n) is 9.59. The van der Waals surface area contributed by atoms with Crippen molar-refractivity contribution in [1.29, 1.82) is 0 Å². The van der Waals surface area contributed by atoms with Crippen LogP contribution in [0.1, 0.15) is 36.9 Å². The summed E-state index contributed by atoms with van der Waals surface area (Å²) >= 11 is 0. The lowest BCUT2D eigenvalue weighted by molar-refractivity contribution is 0.325. The summed E-state index contributed by atoms with van der Waals surface area (Å²) in [4.78, 5) is 2.74. The van der Waals surface area contributed by atoms with Crippen molar-refractivity contribution in [2.75, 3.05) is 13.1 Å². The van der Waals surface area contributed by atoms with E-state index in [9.17, 15) is 8.42 Å². The van der Waals surface area contributed by atoms with Gasteiger partial charge in [0.15, 0.2) is 9.84 Å². The lowest BCUT2D eigenvalue weighted by atomic mass is 9.95. The number of rotatable bonds is 4. The summed E-state index contributed by atoms with van der Waals surface area (Å²) in [5.74, 6) is 0.0204. The van der Waals surface area contributed by atoms with Gasteiger partial charge in [0.05, 0.1) is 28.9 Å². The van der Waals surface area contributed by atoms with Gasteiger partial charge in [0, 0.05) is 48.9 Å². The van der Waals surface area contributed by atoms with Crippen LogP contribution >= 0.6 is 0 Å². The molecule has 0 spiro atoms. The third-order valence-electron chi connectivity index (χ3n) is 5.90. The van der Waals surface area contributed by atoms with Crippen LogP contribution in [0.5, 0.6) is 0 Å². The molecule has 0 unspecified atom stereocenters. The molecule has 0 bridgehead atoms. The monoisotopic (exact) mass is 397 g/mol. The van der Waals surface area contributed by atoms with Crippen molar-refractivity contribution in [2.45, 2.75) is 42.5 Å². The predicted molar refractivity (Wildman–Crippen MR) is 106 cm³/mol. The topological polar surface area (TPSA) is 68.3 Å². The molecule has 0 saturated carbocycles. The fourth-order valence-corrected chi connectivity index (χ4v) is 6.66. The Balaban J connectivity index is 1.43. The second-order valence-corrected chi connectivity index (χ2v) is 10.2. The lowest BCUT2D eigenvalue weighted by Gasteiger charge is -2.16. The van der Waals surface area contributed by atoms with Gasteiger partial charge in [0.1, 0.15) is 0 Å². The van der Waals surface area contributed by atoms with Gasteiger partial charge in [-0.15, -0.1) is 0 Å². The second kappa shape index (κ2) is 6.32. The van der Waals surface area contributed by atoms with Crippen LogP contribution in [-0.2, 0) is 16.4 Å². The van der Waals surface area contributed by atoms with Crippen molar-refractivity contribution in [2.24, 2.45) is 0 Å². The van der Waals surface area contributed by atoms with Gasteiger partial charge >= 0.3 is 0 Å². The number of aromatic nitrogens is 2. The number of sulfone groups is 1. The molecule has 0 radical (unpaired) electrons. The Morgan fingerprint density at radius 1 is 1.21 bits per heavy atom. The van der Waals surface area contributed by atoms with E-state index in [1.165, 1.54) is 0 Å². The van der Waals surface area contributed by atoms with Gasteiger partial charge in [-0.05, 0) is 43.2 Å². The van der Waals surface area contributed by atoms with E-state index >= 15 is 0 Å². The maximum absolute atomic E-state index is 13.1. The van der Waals surface area contributed by atoms with E-state index in [0.29, 0.717) is 17.5 Å². The summed E-state index contributed by atoms with van der Waals surface area (Å²) in [6, 6.07) is 7.89. The van der Waals surface area contributed by atoms with E-state index in [1.807, 2.05) is 29.1 Å². The fourth-order valence-electron chi connectivity index (χ4n) is 4.46. The van der Waals surface area contributed by atoms with Crippen LogP contribution in [0.15, 0.2) is 58.5 Å². The first-order chi connectivity index (χ1) is 13.4. The second-order valence-electron chi connectivity index (χ2n) is 8.07. The Morgan fingerprint density at radius 3 is 2.79 bits per heavy atom. The number of fused-ring (bicyclic) bond motifs is 3. The lowest BCUT2D eigenvalue weighted by Crippen LogP contribution is -2.25. The first-order valence-corrected chi connectivity index (χ1v) is 11.1. The Kier molecular flexibility index (Phi) is 4.00. The molecular formula is C21H23N3O3S. The minimum atomic E-state index is -3.29. The minimum Gasteiger partial charge on any atom is -0.472 e. The molecule has 7 heteroatoms. The fraction of sp³-hybridized carbons (Fsp3) is 0.381. The predicted octanol–water partition coefficient (Wildman–Crippen LogP) is 3.48. The summed E-state index contributed by atoms with van der Waals surface area (Å²) in [7, 11) is -3.29. The summed E-state index contributed by atoms with van der Waals surface area (Å²) < 4.78 is 33.3. The molecule has 3 aromatic rings. The van der Waals surface area contributed by atoms with Crippen LogP contribution in [0.25, 0.3) is 11.1 Å². The third-order valence-corrected chi connectivity index (χ3v) is 8.16. The van der Waals surface area contributed by atoms with Crippen LogP contribution in [0, 0.1) is 0 Å². The Hall–Kier alpha value is -2.38. The van der Waals surface area contributed by atoms with Gasteiger partial charge < -0.3 is 4.42 Å². The number of hydrogen-bond donors (Lipinski definition) is 0. The zero-order valence-electron chi connectivity index (χ0n) is 15.9. The zero-order chi connectivity index (χ0) is 19.5. The quantitative estimate of drug-likeness (QED) is 0.674. The SMILES string of the molecule is CC(C)n1cc(CN2C[C@@H]3c4cc(-c5ccoc5)ccc4S(=O)(=O)[C@H]3C2)cn1. The largest absolute Gasteiger partial charge is 0.472 e.